The molecule has 4 heteroatoms. The predicted molar refractivity (Wildman–Crippen MR) is 68.0 cm³/mol. The van der Waals surface area contributed by atoms with E-state index in [4.69, 9.17) is 5.11 Å². The third kappa shape index (κ3) is 2.02. The number of aliphatic carboxylic acids is 1. The number of carbonyl (C=O) groups is 2. The first-order chi connectivity index (χ1) is 8.18. The molecule has 1 unspecified atom stereocenters. The minimum Gasteiger partial charge on any atom is -0.481 e. The third-order valence-corrected chi connectivity index (χ3v) is 4.95. The lowest BCUT2D eigenvalue weighted by Crippen LogP contribution is -2.43. The normalized spacial score (nSPS) is 36.1. The lowest BCUT2D eigenvalue weighted by Gasteiger charge is -2.28. The van der Waals surface area contributed by atoms with Gasteiger partial charge in [-0.25, -0.2) is 0 Å². The van der Waals surface area contributed by atoms with E-state index in [-0.39, 0.29) is 23.3 Å². The van der Waals surface area contributed by atoms with E-state index >= 15 is 0 Å². The van der Waals surface area contributed by atoms with Crippen LogP contribution in [0.25, 0.3) is 0 Å². The van der Waals surface area contributed by atoms with Gasteiger partial charge in [0, 0.05) is 6.04 Å². The van der Waals surface area contributed by atoms with E-state index < -0.39 is 17.3 Å². The summed E-state index contributed by atoms with van der Waals surface area (Å²) in [7, 11) is 0. The average Bonchev–Trinajstić information content (AvgIpc) is 2.65. The van der Waals surface area contributed by atoms with Gasteiger partial charge in [0.15, 0.2) is 0 Å². The lowest BCUT2D eigenvalue weighted by molar-refractivity contribution is -0.140. The predicted octanol–water partition coefficient (Wildman–Crippen LogP) is 2.04. The highest BCUT2D eigenvalue weighted by Crippen LogP contribution is 2.58. The van der Waals surface area contributed by atoms with Crippen LogP contribution in [0.15, 0.2) is 0 Å². The minimum atomic E-state index is -0.856. The molecule has 2 aliphatic rings. The molecule has 2 fully saturated rings. The van der Waals surface area contributed by atoms with Gasteiger partial charge in [-0.2, -0.15) is 0 Å². The SMILES string of the molecule is CC1(C)CCCC1NC(=O)[C@H]1[C@@H](C(=O)O)C1(C)C. The zero-order valence-electron chi connectivity index (χ0n) is 11.6. The molecule has 2 aliphatic carbocycles. The summed E-state index contributed by atoms with van der Waals surface area (Å²) in [4.78, 5) is 23.3. The van der Waals surface area contributed by atoms with Crippen LogP contribution in [0.5, 0.6) is 0 Å². The Morgan fingerprint density at radius 2 is 1.78 bits per heavy atom. The fourth-order valence-electron chi connectivity index (χ4n) is 3.44. The highest BCUT2D eigenvalue weighted by molar-refractivity contribution is 5.91. The molecule has 1 amide bonds. The maximum Gasteiger partial charge on any atom is 0.307 e. The number of carboxylic acid groups (broad SMARTS) is 1. The van der Waals surface area contributed by atoms with Crippen LogP contribution in [0.1, 0.15) is 47.0 Å². The molecule has 102 valence electrons. The number of amides is 1. The molecule has 0 aromatic heterocycles. The third-order valence-electron chi connectivity index (χ3n) is 4.95. The number of hydrogen-bond donors (Lipinski definition) is 2. The average molecular weight is 253 g/mol. The monoisotopic (exact) mass is 253 g/mol. The van der Waals surface area contributed by atoms with Crippen LogP contribution in [0.3, 0.4) is 0 Å². The van der Waals surface area contributed by atoms with Crippen molar-refractivity contribution in [2.75, 3.05) is 0 Å². The van der Waals surface area contributed by atoms with E-state index in [1.807, 2.05) is 13.8 Å². The second-order valence-electron chi connectivity index (χ2n) is 7.06. The van der Waals surface area contributed by atoms with Crippen molar-refractivity contribution in [3.63, 3.8) is 0 Å². The van der Waals surface area contributed by atoms with Crippen LogP contribution in [0.4, 0.5) is 0 Å². The maximum atomic E-state index is 12.2. The Labute approximate surface area is 108 Å². The van der Waals surface area contributed by atoms with Gasteiger partial charge in [-0.1, -0.05) is 34.1 Å². The van der Waals surface area contributed by atoms with Crippen molar-refractivity contribution >= 4 is 11.9 Å². The second kappa shape index (κ2) is 3.97. The molecule has 0 radical (unpaired) electrons. The molecular formula is C14H23NO3. The summed E-state index contributed by atoms with van der Waals surface area (Å²) in [5.41, 5.74) is -0.272. The van der Waals surface area contributed by atoms with Gasteiger partial charge in [-0.05, 0) is 23.7 Å². The van der Waals surface area contributed by atoms with Crippen molar-refractivity contribution in [2.45, 2.75) is 53.0 Å². The first-order valence-corrected chi connectivity index (χ1v) is 6.71. The smallest absolute Gasteiger partial charge is 0.307 e. The van der Waals surface area contributed by atoms with E-state index in [1.54, 1.807) is 0 Å². The molecule has 18 heavy (non-hydrogen) atoms. The zero-order valence-corrected chi connectivity index (χ0v) is 11.6. The van der Waals surface area contributed by atoms with Gasteiger partial charge >= 0.3 is 5.97 Å². The fourth-order valence-corrected chi connectivity index (χ4v) is 3.44. The summed E-state index contributed by atoms with van der Waals surface area (Å²) in [6, 6.07) is 0.191. The second-order valence-corrected chi connectivity index (χ2v) is 7.06. The molecule has 0 spiro atoms. The molecule has 0 aliphatic heterocycles. The van der Waals surface area contributed by atoms with Gasteiger partial charge in [0.1, 0.15) is 0 Å². The molecule has 2 N–H and O–H groups in total. The largest absolute Gasteiger partial charge is 0.481 e. The van der Waals surface area contributed by atoms with Crippen molar-refractivity contribution in [3.8, 4) is 0 Å². The molecule has 0 aromatic carbocycles. The van der Waals surface area contributed by atoms with Crippen molar-refractivity contribution < 1.29 is 14.7 Å². The Kier molecular flexibility index (Phi) is 2.95. The van der Waals surface area contributed by atoms with Crippen molar-refractivity contribution in [2.24, 2.45) is 22.7 Å². The number of nitrogens with one attached hydrogen (secondary N) is 1. The molecule has 0 saturated heterocycles. The van der Waals surface area contributed by atoms with Crippen molar-refractivity contribution in [1.29, 1.82) is 0 Å². The number of carboxylic acids is 1. The molecular weight excluding hydrogens is 230 g/mol. The Bertz CT molecular complexity index is 387. The Balaban J connectivity index is 2.00. The van der Waals surface area contributed by atoms with Gasteiger partial charge in [-0.3, -0.25) is 9.59 Å². The highest BCUT2D eigenvalue weighted by Gasteiger charge is 2.66. The van der Waals surface area contributed by atoms with Gasteiger partial charge < -0.3 is 10.4 Å². The quantitative estimate of drug-likeness (QED) is 0.809. The van der Waals surface area contributed by atoms with Gasteiger partial charge in [0.25, 0.3) is 0 Å². The lowest BCUT2D eigenvalue weighted by atomic mass is 9.87. The summed E-state index contributed by atoms with van der Waals surface area (Å²) < 4.78 is 0. The van der Waals surface area contributed by atoms with E-state index in [0.29, 0.717) is 0 Å². The summed E-state index contributed by atoms with van der Waals surface area (Å²) in [6.07, 6.45) is 3.26. The van der Waals surface area contributed by atoms with Gasteiger partial charge in [-0.15, -0.1) is 0 Å². The van der Waals surface area contributed by atoms with E-state index in [2.05, 4.69) is 19.2 Å². The Hall–Kier alpha value is -1.06. The molecule has 3 atom stereocenters. The molecule has 0 aromatic rings. The molecule has 4 nitrogen and oxygen atoms in total. The summed E-state index contributed by atoms with van der Waals surface area (Å²) >= 11 is 0. The summed E-state index contributed by atoms with van der Waals surface area (Å²) in [5.74, 6) is -1.83. The van der Waals surface area contributed by atoms with Crippen LogP contribution in [-0.2, 0) is 9.59 Å². The van der Waals surface area contributed by atoms with Crippen LogP contribution < -0.4 is 5.32 Å². The Morgan fingerprint density at radius 1 is 1.17 bits per heavy atom. The number of rotatable bonds is 3. The first kappa shape index (κ1) is 13.4. The van der Waals surface area contributed by atoms with Crippen LogP contribution in [-0.4, -0.2) is 23.0 Å². The zero-order chi connectivity index (χ0) is 13.7. The number of carbonyl (C=O) groups excluding carboxylic acids is 1. The molecule has 0 bridgehead atoms. The van der Waals surface area contributed by atoms with Gasteiger partial charge in [0.05, 0.1) is 11.8 Å². The maximum absolute atomic E-state index is 12.2. The van der Waals surface area contributed by atoms with Crippen molar-refractivity contribution in [1.82, 2.24) is 5.32 Å². The van der Waals surface area contributed by atoms with E-state index in [9.17, 15) is 9.59 Å². The van der Waals surface area contributed by atoms with Crippen LogP contribution >= 0.6 is 0 Å². The molecule has 0 heterocycles. The van der Waals surface area contributed by atoms with Crippen molar-refractivity contribution in [3.05, 3.63) is 0 Å². The number of hydrogen-bond acceptors (Lipinski definition) is 2. The van der Waals surface area contributed by atoms with E-state index in [1.165, 1.54) is 0 Å². The van der Waals surface area contributed by atoms with Crippen LogP contribution in [0.2, 0.25) is 0 Å². The standard InChI is InChI=1S/C14H23NO3/c1-13(2)7-5-6-8(13)15-11(16)9-10(12(17)18)14(9,3)4/h8-10H,5-7H2,1-4H3,(H,15,16)(H,17,18)/t8?,9-,10+/m1/s1. The summed E-state index contributed by atoms with van der Waals surface area (Å²) in [5, 5.41) is 12.2. The fraction of sp³-hybridized carbons (Fsp3) is 0.857. The molecule has 2 rings (SSSR count). The highest BCUT2D eigenvalue weighted by atomic mass is 16.4. The minimum absolute atomic E-state index is 0.0765. The first-order valence-electron chi connectivity index (χ1n) is 6.71. The Morgan fingerprint density at radius 3 is 2.17 bits per heavy atom. The summed E-state index contributed by atoms with van der Waals surface area (Å²) in [6.45, 7) is 8.04. The van der Waals surface area contributed by atoms with Gasteiger partial charge in [0.2, 0.25) is 5.91 Å². The topological polar surface area (TPSA) is 66.4 Å². The molecule has 2 saturated carbocycles. The van der Waals surface area contributed by atoms with Crippen LogP contribution in [0, 0.1) is 22.7 Å². The van der Waals surface area contributed by atoms with E-state index in [0.717, 1.165) is 19.3 Å².